The molecule has 1 unspecified atom stereocenters. The fourth-order valence-corrected chi connectivity index (χ4v) is 9.50. The molecule has 0 amide bonds. The number of rotatable bonds is 62. The highest BCUT2D eigenvalue weighted by molar-refractivity contribution is 5.71. The van der Waals surface area contributed by atoms with Crippen LogP contribution in [0.5, 0.6) is 0 Å². The fourth-order valence-electron chi connectivity index (χ4n) is 9.50. The van der Waals surface area contributed by atoms with E-state index in [4.69, 9.17) is 14.2 Å². The average Bonchev–Trinajstić information content (AvgIpc) is 3.49. The highest BCUT2D eigenvalue weighted by Crippen LogP contribution is 2.17. The average molecular weight is 1150 g/mol. The molecular formula is C77H128O6. The molecule has 0 radical (unpaired) electrons. The van der Waals surface area contributed by atoms with Crippen LogP contribution in [0.15, 0.2) is 134 Å². The van der Waals surface area contributed by atoms with E-state index in [1.54, 1.807) is 0 Å². The zero-order valence-electron chi connectivity index (χ0n) is 54.2. The van der Waals surface area contributed by atoms with Gasteiger partial charge < -0.3 is 14.2 Å². The molecule has 1 atom stereocenters. The van der Waals surface area contributed by atoms with Crippen LogP contribution in [0.4, 0.5) is 0 Å². The lowest BCUT2D eigenvalue weighted by atomic mass is 10.0. The van der Waals surface area contributed by atoms with Crippen molar-refractivity contribution < 1.29 is 28.6 Å². The standard InChI is InChI=1S/C77H128O6/c1-4-7-10-13-16-19-22-25-28-30-31-32-33-34-35-36-37-38-39-40-41-42-43-44-45-47-49-52-55-58-61-64-67-70-76(79)82-73-74(72-81-75(78)69-66-63-60-57-54-51-48-27-24-21-18-15-12-9-6-3)83-77(80)71-68-65-62-59-56-53-50-46-29-26-23-20-17-14-11-8-5-2/h8-9,11-12,17-18,20-22,25-27,29-31,33-34,48,50,53,59,62,74H,4-7,10,13-16,19,23-24,28,32,35-47,49,51-52,54-58,60-61,63-73H2,1-3H3/b11-8-,12-9-,20-17-,21-18-,25-22-,29-26-,31-30-,34-33-,48-27-,53-50-,62-59-. The van der Waals surface area contributed by atoms with Gasteiger partial charge in [-0.05, 0) is 128 Å². The van der Waals surface area contributed by atoms with Crippen molar-refractivity contribution >= 4 is 17.9 Å². The van der Waals surface area contributed by atoms with Gasteiger partial charge in [-0.3, -0.25) is 14.4 Å². The Balaban J connectivity index is 4.27. The molecule has 0 N–H and O–H groups in total. The second-order valence-electron chi connectivity index (χ2n) is 22.7. The Morgan fingerprint density at radius 2 is 0.482 bits per heavy atom. The molecule has 0 fully saturated rings. The third kappa shape index (κ3) is 68.2. The van der Waals surface area contributed by atoms with E-state index in [9.17, 15) is 14.4 Å². The predicted molar refractivity (Wildman–Crippen MR) is 362 cm³/mol. The van der Waals surface area contributed by atoms with Crippen LogP contribution in [-0.4, -0.2) is 37.2 Å². The zero-order valence-corrected chi connectivity index (χ0v) is 54.2. The highest BCUT2D eigenvalue weighted by Gasteiger charge is 2.19. The van der Waals surface area contributed by atoms with Gasteiger partial charge in [0, 0.05) is 19.3 Å². The second-order valence-corrected chi connectivity index (χ2v) is 22.7. The van der Waals surface area contributed by atoms with Gasteiger partial charge >= 0.3 is 17.9 Å². The number of carbonyl (C=O) groups is 3. The van der Waals surface area contributed by atoms with Gasteiger partial charge in [0.1, 0.15) is 13.2 Å². The van der Waals surface area contributed by atoms with Gasteiger partial charge in [-0.2, -0.15) is 0 Å². The number of allylic oxidation sites excluding steroid dienone is 22. The molecule has 0 bridgehead atoms. The molecule has 0 aliphatic heterocycles. The maximum Gasteiger partial charge on any atom is 0.306 e. The van der Waals surface area contributed by atoms with Crippen molar-refractivity contribution in [1.82, 2.24) is 0 Å². The third-order valence-electron chi connectivity index (χ3n) is 14.6. The molecule has 0 saturated heterocycles. The van der Waals surface area contributed by atoms with Gasteiger partial charge in [0.05, 0.1) is 0 Å². The molecule has 0 aliphatic carbocycles. The highest BCUT2D eigenvalue weighted by atomic mass is 16.6. The molecular weight excluding hydrogens is 1020 g/mol. The minimum atomic E-state index is -0.820. The van der Waals surface area contributed by atoms with E-state index >= 15 is 0 Å². The predicted octanol–water partition coefficient (Wildman–Crippen LogP) is 24.1. The van der Waals surface area contributed by atoms with E-state index in [0.717, 1.165) is 128 Å². The number of ether oxygens (including phenoxy) is 3. The van der Waals surface area contributed by atoms with Gasteiger partial charge in [-0.15, -0.1) is 0 Å². The molecule has 0 aromatic carbocycles. The van der Waals surface area contributed by atoms with Gasteiger partial charge in [0.2, 0.25) is 0 Å². The van der Waals surface area contributed by atoms with Crippen molar-refractivity contribution in [2.75, 3.05) is 13.2 Å². The Hall–Kier alpha value is -4.45. The van der Waals surface area contributed by atoms with Crippen LogP contribution in [0.25, 0.3) is 0 Å². The minimum absolute atomic E-state index is 0.108. The number of unbranched alkanes of at least 4 members (excludes halogenated alkanes) is 29. The molecule has 6 nitrogen and oxygen atoms in total. The van der Waals surface area contributed by atoms with Crippen molar-refractivity contribution in [2.45, 2.75) is 322 Å². The number of hydrogen-bond acceptors (Lipinski definition) is 6. The first-order valence-corrected chi connectivity index (χ1v) is 34.7. The lowest BCUT2D eigenvalue weighted by molar-refractivity contribution is -0.167. The third-order valence-corrected chi connectivity index (χ3v) is 14.6. The largest absolute Gasteiger partial charge is 0.462 e. The normalized spacial score (nSPS) is 13.0. The summed E-state index contributed by atoms with van der Waals surface area (Å²) in [4.78, 5) is 38.3. The van der Waals surface area contributed by atoms with E-state index in [1.165, 1.54) is 141 Å². The molecule has 0 aliphatic rings. The summed E-state index contributed by atoms with van der Waals surface area (Å²) in [6.07, 6.45) is 99.2. The summed E-state index contributed by atoms with van der Waals surface area (Å²) < 4.78 is 16.9. The SMILES string of the molecule is CC/C=C\C/C=C\C/C=C\C/C=C\C/C=C\CCCC(=O)OC(COC(=O)CCCCCCC/C=C\C/C=C\C/C=C\CC)COC(=O)CCCCCCCCCCCCCCCCCCCC/C=C\C/C=C\C/C=C\CCCCCCC. The lowest BCUT2D eigenvalue weighted by Crippen LogP contribution is -2.30. The minimum Gasteiger partial charge on any atom is -0.462 e. The van der Waals surface area contributed by atoms with Crippen molar-refractivity contribution in [1.29, 1.82) is 0 Å². The van der Waals surface area contributed by atoms with E-state index in [1.807, 2.05) is 0 Å². The van der Waals surface area contributed by atoms with Gasteiger partial charge in [-0.1, -0.05) is 302 Å². The van der Waals surface area contributed by atoms with Crippen LogP contribution in [0.2, 0.25) is 0 Å². The second kappa shape index (κ2) is 70.0. The first-order valence-electron chi connectivity index (χ1n) is 34.7. The van der Waals surface area contributed by atoms with Crippen molar-refractivity contribution in [3.8, 4) is 0 Å². The monoisotopic (exact) mass is 1150 g/mol. The number of hydrogen-bond donors (Lipinski definition) is 0. The summed E-state index contributed by atoms with van der Waals surface area (Å²) >= 11 is 0. The quantitative estimate of drug-likeness (QED) is 0.0261. The van der Waals surface area contributed by atoms with Gasteiger partial charge in [0.15, 0.2) is 6.10 Å². The summed E-state index contributed by atoms with van der Waals surface area (Å²) in [5.74, 6) is -0.979. The van der Waals surface area contributed by atoms with Crippen LogP contribution in [0.3, 0.4) is 0 Å². The fraction of sp³-hybridized carbons (Fsp3) is 0.675. The van der Waals surface area contributed by atoms with Crippen molar-refractivity contribution in [2.24, 2.45) is 0 Å². The molecule has 83 heavy (non-hydrogen) atoms. The molecule has 0 rings (SSSR count). The van der Waals surface area contributed by atoms with Crippen LogP contribution < -0.4 is 0 Å². The molecule has 0 spiro atoms. The van der Waals surface area contributed by atoms with Gasteiger partial charge in [0.25, 0.3) is 0 Å². The first kappa shape index (κ1) is 78.5. The first-order chi connectivity index (χ1) is 41.0. The molecule has 6 heteroatoms. The topological polar surface area (TPSA) is 78.9 Å². The Kier molecular flexibility index (Phi) is 66.3. The van der Waals surface area contributed by atoms with Gasteiger partial charge in [-0.25, -0.2) is 0 Å². The Morgan fingerprint density at radius 1 is 0.253 bits per heavy atom. The van der Waals surface area contributed by atoms with E-state index < -0.39 is 6.10 Å². The summed E-state index contributed by atoms with van der Waals surface area (Å²) in [7, 11) is 0. The van der Waals surface area contributed by atoms with Crippen LogP contribution in [-0.2, 0) is 28.6 Å². The molecule has 0 saturated carbocycles. The summed E-state index contributed by atoms with van der Waals surface area (Å²) in [5, 5.41) is 0. The Morgan fingerprint density at radius 3 is 0.771 bits per heavy atom. The van der Waals surface area contributed by atoms with E-state index in [2.05, 4.69) is 154 Å². The van der Waals surface area contributed by atoms with E-state index in [0.29, 0.717) is 19.3 Å². The smallest absolute Gasteiger partial charge is 0.306 e. The van der Waals surface area contributed by atoms with Crippen molar-refractivity contribution in [3.63, 3.8) is 0 Å². The molecule has 472 valence electrons. The summed E-state index contributed by atoms with van der Waals surface area (Å²) in [6.45, 7) is 6.36. The summed E-state index contributed by atoms with van der Waals surface area (Å²) in [5.41, 5.74) is 0. The maximum atomic E-state index is 12.9. The number of carbonyl (C=O) groups excluding carboxylic acids is 3. The zero-order chi connectivity index (χ0) is 59.9. The Labute approximate surface area is 513 Å². The molecule has 0 aromatic heterocycles. The maximum absolute atomic E-state index is 12.9. The summed E-state index contributed by atoms with van der Waals surface area (Å²) in [6, 6.07) is 0. The number of esters is 3. The van der Waals surface area contributed by atoms with Crippen LogP contribution in [0.1, 0.15) is 316 Å². The van der Waals surface area contributed by atoms with E-state index in [-0.39, 0.29) is 37.5 Å². The Bertz CT molecular complexity index is 1750. The van der Waals surface area contributed by atoms with Crippen LogP contribution >= 0.6 is 0 Å². The van der Waals surface area contributed by atoms with Crippen molar-refractivity contribution in [3.05, 3.63) is 134 Å². The lowest BCUT2D eigenvalue weighted by Gasteiger charge is -2.18. The molecule has 0 heterocycles. The molecule has 0 aromatic rings. The van der Waals surface area contributed by atoms with Crippen LogP contribution in [0, 0.1) is 0 Å².